The minimum atomic E-state index is -1.10. The minimum absolute atomic E-state index is 0.0677. The van der Waals surface area contributed by atoms with Gasteiger partial charge in [0.1, 0.15) is 11.6 Å². The van der Waals surface area contributed by atoms with Gasteiger partial charge in [0.2, 0.25) is 0 Å². The van der Waals surface area contributed by atoms with Gasteiger partial charge in [-0.2, -0.15) is 0 Å². The minimum Gasteiger partial charge on any atom is -0.482 e. The molecule has 0 aliphatic heterocycles. The molecule has 3 aromatic carbocycles. The largest absolute Gasteiger partial charge is 0.482 e. The maximum Gasteiger partial charge on any atom is 0.341 e. The molecule has 10 heteroatoms. The summed E-state index contributed by atoms with van der Waals surface area (Å²) in [6.07, 6.45) is 0. The van der Waals surface area contributed by atoms with E-state index in [0.29, 0.717) is 43.9 Å². The van der Waals surface area contributed by atoms with Crippen LogP contribution in [0.1, 0.15) is 21.5 Å². The van der Waals surface area contributed by atoms with E-state index in [1.54, 1.807) is 54.6 Å². The molecule has 33 heavy (non-hydrogen) atoms. The van der Waals surface area contributed by atoms with E-state index >= 15 is 0 Å². The van der Waals surface area contributed by atoms with Crippen LogP contribution in [-0.4, -0.2) is 29.4 Å². The standard InChI is InChI=1S/C23H20Cl2N4O4/c24-15-4-8-20(33-12-21(30)31)14(9-15)11-28-19-7-3-16(25)10-18(19)23(32)29-17-5-1-13(2-6-17)22(26)27/h1-10,28H,11-12H2,(H3,26,27)(H,29,32)(H,30,31). The van der Waals surface area contributed by atoms with Crippen LogP contribution in [0.3, 0.4) is 0 Å². The molecule has 1 amide bonds. The van der Waals surface area contributed by atoms with Gasteiger partial charge in [0.25, 0.3) is 5.91 Å². The molecule has 8 nitrogen and oxygen atoms in total. The van der Waals surface area contributed by atoms with Gasteiger partial charge in [0.15, 0.2) is 6.61 Å². The van der Waals surface area contributed by atoms with Crippen LogP contribution in [0.15, 0.2) is 60.7 Å². The number of nitrogen functional groups attached to an aromatic ring is 1. The number of nitrogens with one attached hydrogen (secondary N) is 3. The van der Waals surface area contributed by atoms with Crippen molar-refractivity contribution < 1.29 is 19.4 Å². The molecular formula is C23H20Cl2N4O4. The Balaban J connectivity index is 1.79. The molecule has 3 rings (SSSR count). The van der Waals surface area contributed by atoms with Crippen LogP contribution in [-0.2, 0) is 11.3 Å². The second-order valence-electron chi connectivity index (χ2n) is 6.92. The van der Waals surface area contributed by atoms with Gasteiger partial charge in [-0.3, -0.25) is 10.2 Å². The molecule has 0 unspecified atom stereocenters. The van der Waals surface area contributed by atoms with Crippen molar-refractivity contribution in [3.63, 3.8) is 0 Å². The summed E-state index contributed by atoms with van der Waals surface area (Å²) in [5.41, 5.74) is 7.94. The van der Waals surface area contributed by atoms with Crippen LogP contribution < -0.4 is 21.1 Å². The maximum atomic E-state index is 12.9. The lowest BCUT2D eigenvalue weighted by atomic mass is 10.1. The average Bonchev–Trinajstić information content (AvgIpc) is 2.77. The molecule has 0 spiro atoms. The number of halogens is 2. The quantitative estimate of drug-likeness (QED) is 0.221. The molecule has 0 bridgehead atoms. The number of nitrogens with two attached hydrogens (primary N) is 1. The molecule has 0 radical (unpaired) electrons. The molecule has 0 atom stereocenters. The van der Waals surface area contributed by atoms with E-state index in [1.165, 1.54) is 6.07 Å². The zero-order valence-corrected chi connectivity index (χ0v) is 18.7. The first-order valence-corrected chi connectivity index (χ1v) is 10.4. The molecule has 0 heterocycles. The van der Waals surface area contributed by atoms with Crippen molar-refractivity contribution in [3.05, 3.63) is 87.4 Å². The van der Waals surface area contributed by atoms with E-state index in [1.807, 2.05) is 0 Å². The van der Waals surface area contributed by atoms with Crippen molar-refractivity contribution in [1.29, 1.82) is 5.41 Å². The van der Waals surface area contributed by atoms with Crippen molar-refractivity contribution in [2.24, 2.45) is 5.73 Å². The smallest absolute Gasteiger partial charge is 0.341 e. The highest BCUT2D eigenvalue weighted by Gasteiger charge is 2.14. The molecule has 0 aromatic heterocycles. The number of amidine groups is 1. The molecule has 170 valence electrons. The fraction of sp³-hybridized carbons (Fsp3) is 0.0870. The topological polar surface area (TPSA) is 138 Å². The van der Waals surface area contributed by atoms with Crippen LogP contribution in [0.2, 0.25) is 10.0 Å². The molecule has 0 aliphatic carbocycles. The van der Waals surface area contributed by atoms with Crippen molar-refractivity contribution in [2.45, 2.75) is 6.54 Å². The number of hydrogen-bond donors (Lipinski definition) is 5. The number of benzene rings is 3. The van der Waals surface area contributed by atoms with Crippen LogP contribution in [0, 0.1) is 5.41 Å². The summed E-state index contributed by atoms with van der Waals surface area (Å²) in [7, 11) is 0. The highest BCUT2D eigenvalue weighted by atomic mass is 35.5. The number of rotatable bonds is 9. The van der Waals surface area contributed by atoms with Crippen LogP contribution in [0.5, 0.6) is 5.75 Å². The molecule has 0 saturated carbocycles. The SMILES string of the molecule is N=C(N)c1ccc(NC(=O)c2cc(Cl)ccc2NCc2cc(Cl)ccc2OCC(=O)O)cc1. The zero-order valence-electron chi connectivity index (χ0n) is 17.2. The third-order valence-corrected chi connectivity index (χ3v) is 4.99. The summed E-state index contributed by atoms with van der Waals surface area (Å²) >= 11 is 12.2. The van der Waals surface area contributed by atoms with Crippen LogP contribution in [0.25, 0.3) is 0 Å². The Kier molecular flexibility index (Phi) is 7.76. The number of carbonyl (C=O) groups is 2. The monoisotopic (exact) mass is 486 g/mol. The van der Waals surface area contributed by atoms with Crippen molar-refractivity contribution in [2.75, 3.05) is 17.2 Å². The van der Waals surface area contributed by atoms with E-state index in [4.69, 9.17) is 44.2 Å². The van der Waals surface area contributed by atoms with E-state index in [-0.39, 0.29) is 12.4 Å². The molecule has 3 aromatic rings. The van der Waals surface area contributed by atoms with Gasteiger partial charge in [0.05, 0.1) is 5.56 Å². The van der Waals surface area contributed by atoms with Gasteiger partial charge in [-0.1, -0.05) is 23.2 Å². The Bertz CT molecular complexity index is 1200. The molecule has 6 N–H and O–H groups in total. The predicted octanol–water partition coefficient (Wildman–Crippen LogP) is 4.61. The third-order valence-electron chi connectivity index (χ3n) is 4.52. The van der Waals surface area contributed by atoms with E-state index in [9.17, 15) is 9.59 Å². The van der Waals surface area contributed by atoms with Crippen molar-refractivity contribution >= 4 is 52.3 Å². The van der Waals surface area contributed by atoms with Gasteiger partial charge in [0, 0.05) is 39.1 Å². The summed E-state index contributed by atoms with van der Waals surface area (Å²) in [4.78, 5) is 23.8. The molecular weight excluding hydrogens is 467 g/mol. The van der Waals surface area contributed by atoms with E-state index in [2.05, 4.69) is 10.6 Å². The van der Waals surface area contributed by atoms with Crippen molar-refractivity contribution in [1.82, 2.24) is 0 Å². The number of carbonyl (C=O) groups excluding carboxylic acids is 1. The first-order valence-electron chi connectivity index (χ1n) is 9.65. The third kappa shape index (κ3) is 6.61. The summed E-state index contributed by atoms with van der Waals surface area (Å²) in [5.74, 6) is -1.21. The number of amides is 1. The van der Waals surface area contributed by atoms with E-state index < -0.39 is 18.5 Å². The maximum absolute atomic E-state index is 12.9. The van der Waals surface area contributed by atoms with Gasteiger partial charge >= 0.3 is 5.97 Å². The number of anilines is 2. The lowest BCUT2D eigenvalue weighted by molar-refractivity contribution is -0.139. The number of ether oxygens (including phenoxy) is 1. The summed E-state index contributed by atoms with van der Waals surface area (Å²) in [5, 5.41) is 23.1. The molecule has 0 fully saturated rings. The summed E-state index contributed by atoms with van der Waals surface area (Å²) in [6.45, 7) is -0.281. The number of hydrogen-bond acceptors (Lipinski definition) is 5. The Labute approximate surface area is 199 Å². The number of aliphatic carboxylic acids is 1. The normalized spacial score (nSPS) is 10.4. The summed E-state index contributed by atoms with van der Waals surface area (Å²) in [6, 6.07) is 16.2. The molecule has 0 aliphatic rings. The number of carboxylic acids is 1. The zero-order chi connectivity index (χ0) is 24.0. The lowest BCUT2D eigenvalue weighted by Crippen LogP contribution is -2.16. The van der Waals surface area contributed by atoms with Gasteiger partial charge in [-0.05, 0) is 60.7 Å². The average molecular weight is 487 g/mol. The second-order valence-corrected chi connectivity index (χ2v) is 7.80. The van der Waals surface area contributed by atoms with Crippen LogP contribution in [0.4, 0.5) is 11.4 Å². The summed E-state index contributed by atoms with van der Waals surface area (Å²) < 4.78 is 5.32. The lowest BCUT2D eigenvalue weighted by Gasteiger charge is -2.15. The second kappa shape index (κ2) is 10.7. The first-order chi connectivity index (χ1) is 15.7. The highest BCUT2D eigenvalue weighted by molar-refractivity contribution is 6.31. The van der Waals surface area contributed by atoms with Crippen molar-refractivity contribution in [3.8, 4) is 5.75 Å². The molecule has 0 saturated heterocycles. The van der Waals surface area contributed by atoms with Gasteiger partial charge < -0.3 is 26.2 Å². The fourth-order valence-corrected chi connectivity index (χ4v) is 3.31. The Morgan fingerprint density at radius 1 is 1.00 bits per heavy atom. The van der Waals surface area contributed by atoms with Gasteiger partial charge in [-0.15, -0.1) is 0 Å². The first kappa shape index (κ1) is 23.9. The number of carboxylic acid groups (broad SMARTS) is 1. The van der Waals surface area contributed by atoms with E-state index in [0.717, 1.165) is 0 Å². The fourth-order valence-electron chi connectivity index (χ4n) is 2.95. The Hall–Kier alpha value is -3.75. The highest BCUT2D eigenvalue weighted by Crippen LogP contribution is 2.27. The Morgan fingerprint density at radius 2 is 1.67 bits per heavy atom. The predicted molar refractivity (Wildman–Crippen MR) is 129 cm³/mol. The van der Waals surface area contributed by atoms with Crippen LogP contribution >= 0.6 is 23.2 Å². The Morgan fingerprint density at radius 3 is 2.33 bits per heavy atom. The van der Waals surface area contributed by atoms with Gasteiger partial charge in [-0.25, -0.2) is 4.79 Å².